The molecule has 130 valence electrons. The molecule has 0 radical (unpaired) electrons. The Morgan fingerprint density at radius 1 is 1.00 bits per heavy atom. The van der Waals surface area contributed by atoms with Crippen molar-refractivity contribution in [3.8, 4) is 0 Å². The SMILES string of the molecule is Cl.Cl.O=C(C1CCNCC1)N1CCN(c2ccc(Cl)cc2)CC1. The Balaban J connectivity index is 0.00000132. The van der Waals surface area contributed by atoms with Crippen LogP contribution in [0.1, 0.15) is 12.8 Å². The van der Waals surface area contributed by atoms with Crippen molar-refractivity contribution in [3.63, 3.8) is 0 Å². The van der Waals surface area contributed by atoms with Gasteiger partial charge in [-0.05, 0) is 50.2 Å². The second kappa shape index (κ2) is 9.58. The van der Waals surface area contributed by atoms with Crippen molar-refractivity contribution in [3.05, 3.63) is 29.3 Å². The average Bonchev–Trinajstić information content (AvgIpc) is 2.56. The van der Waals surface area contributed by atoms with E-state index >= 15 is 0 Å². The summed E-state index contributed by atoms with van der Waals surface area (Å²) in [7, 11) is 0. The van der Waals surface area contributed by atoms with Gasteiger partial charge in [0.05, 0.1) is 0 Å². The monoisotopic (exact) mass is 379 g/mol. The van der Waals surface area contributed by atoms with Crippen molar-refractivity contribution in [2.24, 2.45) is 5.92 Å². The Morgan fingerprint density at radius 3 is 2.13 bits per heavy atom. The van der Waals surface area contributed by atoms with Gasteiger partial charge in [0.2, 0.25) is 5.91 Å². The van der Waals surface area contributed by atoms with Crippen LogP contribution in [0.4, 0.5) is 5.69 Å². The Morgan fingerprint density at radius 2 is 1.57 bits per heavy atom. The van der Waals surface area contributed by atoms with E-state index in [4.69, 9.17) is 11.6 Å². The molecular weight excluding hydrogens is 357 g/mol. The van der Waals surface area contributed by atoms with Gasteiger partial charge in [0.15, 0.2) is 0 Å². The lowest BCUT2D eigenvalue weighted by Gasteiger charge is -2.38. The van der Waals surface area contributed by atoms with Crippen LogP contribution in [-0.2, 0) is 4.79 Å². The Bertz CT molecular complexity index is 484. The van der Waals surface area contributed by atoms with Crippen LogP contribution in [0, 0.1) is 5.92 Å². The minimum absolute atomic E-state index is 0. The molecule has 0 spiro atoms. The molecule has 4 nitrogen and oxygen atoms in total. The van der Waals surface area contributed by atoms with Gasteiger partial charge in [-0.1, -0.05) is 11.6 Å². The van der Waals surface area contributed by atoms with Gasteiger partial charge in [0, 0.05) is 42.8 Å². The number of nitrogens with one attached hydrogen (secondary N) is 1. The molecule has 0 atom stereocenters. The number of benzene rings is 1. The van der Waals surface area contributed by atoms with Gasteiger partial charge in [-0.15, -0.1) is 24.8 Å². The van der Waals surface area contributed by atoms with Gasteiger partial charge in [-0.2, -0.15) is 0 Å². The maximum Gasteiger partial charge on any atom is 0.225 e. The predicted molar refractivity (Wildman–Crippen MR) is 100 cm³/mol. The highest BCUT2D eigenvalue weighted by molar-refractivity contribution is 6.30. The van der Waals surface area contributed by atoms with Crippen LogP contribution in [-0.4, -0.2) is 50.1 Å². The maximum atomic E-state index is 12.5. The largest absolute Gasteiger partial charge is 0.368 e. The highest BCUT2D eigenvalue weighted by Crippen LogP contribution is 2.21. The Labute approximate surface area is 155 Å². The first-order valence-corrected chi connectivity index (χ1v) is 8.12. The van der Waals surface area contributed by atoms with Crippen LogP contribution in [0.15, 0.2) is 24.3 Å². The number of hydrogen-bond donors (Lipinski definition) is 1. The van der Waals surface area contributed by atoms with E-state index in [1.54, 1.807) is 0 Å². The molecular formula is C16H24Cl3N3O. The minimum Gasteiger partial charge on any atom is -0.368 e. The second-order valence-electron chi connectivity index (χ2n) is 5.81. The van der Waals surface area contributed by atoms with Gasteiger partial charge < -0.3 is 15.1 Å². The number of carbonyl (C=O) groups is 1. The third-order valence-corrected chi connectivity index (χ3v) is 4.72. The number of carbonyl (C=O) groups excluding carboxylic acids is 1. The van der Waals surface area contributed by atoms with Crippen LogP contribution >= 0.6 is 36.4 Å². The molecule has 2 aliphatic heterocycles. The summed E-state index contributed by atoms with van der Waals surface area (Å²) in [5.41, 5.74) is 1.19. The Kier molecular flexibility index (Phi) is 8.48. The summed E-state index contributed by atoms with van der Waals surface area (Å²) in [6, 6.07) is 7.94. The lowest BCUT2D eigenvalue weighted by Crippen LogP contribution is -2.51. The number of rotatable bonds is 2. The van der Waals surface area contributed by atoms with Crippen LogP contribution < -0.4 is 10.2 Å². The molecule has 2 saturated heterocycles. The van der Waals surface area contributed by atoms with Crippen LogP contribution in [0.3, 0.4) is 0 Å². The fraction of sp³-hybridized carbons (Fsp3) is 0.562. The number of hydrogen-bond acceptors (Lipinski definition) is 3. The molecule has 1 amide bonds. The van der Waals surface area contributed by atoms with Crippen LogP contribution in [0.25, 0.3) is 0 Å². The number of amides is 1. The lowest BCUT2D eigenvalue weighted by molar-refractivity contribution is -0.136. The fourth-order valence-electron chi connectivity index (χ4n) is 3.16. The zero-order valence-corrected chi connectivity index (χ0v) is 15.4. The summed E-state index contributed by atoms with van der Waals surface area (Å²) in [5, 5.41) is 4.08. The molecule has 0 saturated carbocycles. The number of halogens is 3. The number of anilines is 1. The van der Waals surface area contributed by atoms with E-state index in [2.05, 4.69) is 10.2 Å². The quantitative estimate of drug-likeness (QED) is 0.857. The normalized spacial score (nSPS) is 18.8. The number of nitrogens with zero attached hydrogens (tertiary/aromatic N) is 2. The van der Waals surface area contributed by atoms with Gasteiger partial charge in [-0.25, -0.2) is 0 Å². The molecule has 23 heavy (non-hydrogen) atoms. The first-order chi connectivity index (χ1) is 10.2. The zero-order chi connectivity index (χ0) is 14.7. The van der Waals surface area contributed by atoms with E-state index in [-0.39, 0.29) is 30.7 Å². The molecule has 2 heterocycles. The minimum atomic E-state index is 0. The summed E-state index contributed by atoms with van der Waals surface area (Å²) in [6.07, 6.45) is 1.96. The summed E-state index contributed by atoms with van der Waals surface area (Å²) in [6.45, 7) is 5.40. The summed E-state index contributed by atoms with van der Waals surface area (Å²) in [5.74, 6) is 0.584. The van der Waals surface area contributed by atoms with Crippen molar-refractivity contribution in [1.82, 2.24) is 10.2 Å². The van der Waals surface area contributed by atoms with Crippen LogP contribution in [0.5, 0.6) is 0 Å². The molecule has 0 bridgehead atoms. The van der Waals surface area contributed by atoms with Gasteiger partial charge in [0.25, 0.3) is 0 Å². The standard InChI is InChI=1S/C16H22ClN3O.2ClH/c17-14-1-3-15(4-2-14)19-9-11-20(12-10-19)16(21)13-5-7-18-8-6-13;;/h1-4,13,18H,5-12H2;2*1H. The van der Waals surface area contributed by atoms with Crippen LogP contribution in [0.2, 0.25) is 5.02 Å². The van der Waals surface area contributed by atoms with E-state index in [9.17, 15) is 4.79 Å². The zero-order valence-electron chi connectivity index (χ0n) is 13.0. The van der Waals surface area contributed by atoms with E-state index in [1.165, 1.54) is 5.69 Å². The predicted octanol–water partition coefficient (Wildman–Crippen LogP) is 2.83. The van der Waals surface area contributed by atoms with E-state index in [1.807, 2.05) is 29.2 Å². The fourth-order valence-corrected chi connectivity index (χ4v) is 3.29. The smallest absolute Gasteiger partial charge is 0.225 e. The van der Waals surface area contributed by atoms with Crippen molar-refractivity contribution >= 4 is 48.0 Å². The first kappa shape index (κ1) is 20.4. The van der Waals surface area contributed by atoms with Gasteiger partial charge in [-0.3, -0.25) is 4.79 Å². The van der Waals surface area contributed by atoms with Crippen molar-refractivity contribution in [1.29, 1.82) is 0 Å². The molecule has 0 aliphatic carbocycles. The van der Waals surface area contributed by atoms with Crippen molar-refractivity contribution in [2.45, 2.75) is 12.8 Å². The average molecular weight is 381 g/mol. The molecule has 1 aromatic carbocycles. The molecule has 3 rings (SSSR count). The molecule has 2 fully saturated rings. The number of piperidine rings is 1. The van der Waals surface area contributed by atoms with E-state index < -0.39 is 0 Å². The van der Waals surface area contributed by atoms with E-state index in [0.29, 0.717) is 5.91 Å². The highest BCUT2D eigenvalue weighted by atomic mass is 35.5. The summed E-state index contributed by atoms with van der Waals surface area (Å²) < 4.78 is 0. The molecule has 7 heteroatoms. The molecule has 0 unspecified atom stereocenters. The first-order valence-electron chi connectivity index (χ1n) is 7.74. The topological polar surface area (TPSA) is 35.6 Å². The number of piperazine rings is 1. The molecule has 2 aliphatic rings. The third kappa shape index (κ3) is 5.15. The lowest BCUT2D eigenvalue weighted by atomic mass is 9.96. The van der Waals surface area contributed by atoms with E-state index in [0.717, 1.165) is 57.1 Å². The summed E-state index contributed by atoms with van der Waals surface area (Å²) >= 11 is 5.92. The summed E-state index contributed by atoms with van der Waals surface area (Å²) in [4.78, 5) is 16.9. The van der Waals surface area contributed by atoms with Crippen molar-refractivity contribution < 1.29 is 4.79 Å². The van der Waals surface area contributed by atoms with Gasteiger partial charge >= 0.3 is 0 Å². The highest BCUT2D eigenvalue weighted by Gasteiger charge is 2.28. The molecule has 1 aromatic rings. The van der Waals surface area contributed by atoms with Crippen molar-refractivity contribution in [2.75, 3.05) is 44.2 Å². The molecule has 0 aromatic heterocycles. The molecule has 1 N–H and O–H groups in total. The maximum absolute atomic E-state index is 12.5. The van der Waals surface area contributed by atoms with Gasteiger partial charge in [0.1, 0.15) is 0 Å². The third-order valence-electron chi connectivity index (χ3n) is 4.47. The second-order valence-corrected chi connectivity index (χ2v) is 6.25. The Hall–Kier alpha value is -0.680.